The molecule has 12 aromatic carbocycles. The summed E-state index contributed by atoms with van der Waals surface area (Å²) in [6, 6.07) is 50.9. The van der Waals surface area contributed by atoms with Gasteiger partial charge in [-0.3, -0.25) is 0 Å². The first-order valence-electron chi connectivity index (χ1n) is 21.8. The van der Waals surface area contributed by atoms with E-state index in [0.717, 1.165) is 60.3 Å². The molecule has 0 saturated carbocycles. The molecule has 12 rings (SSSR count). The van der Waals surface area contributed by atoms with E-state index in [1.54, 1.807) is 0 Å². The number of benzene rings is 12. The van der Waals surface area contributed by atoms with Crippen LogP contribution in [0.1, 0.15) is 9.60 Å². The van der Waals surface area contributed by atoms with E-state index in [1.165, 1.54) is 37.7 Å². The Morgan fingerprint density at radius 3 is 1.31 bits per heavy atom. The molecule has 0 atom stereocenters. The molecule has 0 saturated heterocycles. The highest BCUT2D eigenvalue weighted by atomic mass is 14.2. The van der Waals surface area contributed by atoms with E-state index in [1.807, 2.05) is 12.1 Å². The van der Waals surface area contributed by atoms with Gasteiger partial charge in [0.2, 0.25) is 0 Å². The molecule has 0 aliphatic heterocycles. The third-order valence-electron chi connectivity index (χ3n) is 11.4. The van der Waals surface area contributed by atoms with Crippen molar-refractivity contribution in [2.24, 2.45) is 0 Å². The lowest BCUT2D eigenvalue weighted by atomic mass is 9.87. The zero-order valence-corrected chi connectivity index (χ0v) is 28.9. The van der Waals surface area contributed by atoms with Crippen molar-refractivity contribution in [3.05, 3.63) is 194 Å². The SMILES string of the molecule is [2H]c1c([2H])c([2H])c2c([2H])c(-c3cc(-c4ccc(-c5ccc6ccc7cccc8ccc5c6c78)cc4)cc(-c4ccc5ccc6cccc7ccc4c5c67)c3)c([2H])c([2H])c2c1[2H]. The third-order valence-corrected chi connectivity index (χ3v) is 11.4. The molecule has 248 valence electrons. The summed E-state index contributed by atoms with van der Waals surface area (Å²) >= 11 is 0. The molecule has 0 fully saturated rings. The number of fused-ring (bicyclic) bond motifs is 1. The van der Waals surface area contributed by atoms with Crippen LogP contribution in [0.2, 0.25) is 0 Å². The van der Waals surface area contributed by atoms with Gasteiger partial charge in [-0.25, -0.2) is 0 Å². The average molecular weight is 688 g/mol. The molecule has 0 nitrogen and oxygen atoms in total. The Morgan fingerprint density at radius 1 is 0.278 bits per heavy atom. The maximum absolute atomic E-state index is 9.46. The Kier molecular flexibility index (Phi) is 4.90. The molecule has 0 spiro atoms. The molecular formula is C54H32. The van der Waals surface area contributed by atoms with Crippen LogP contribution >= 0.6 is 0 Å². The zero-order chi connectivity index (χ0) is 41.4. The minimum absolute atomic E-state index is 0.0608. The highest BCUT2D eigenvalue weighted by Crippen LogP contribution is 2.43. The van der Waals surface area contributed by atoms with Gasteiger partial charge in [0.25, 0.3) is 0 Å². The topological polar surface area (TPSA) is 0 Å². The van der Waals surface area contributed by atoms with Crippen molar-refractivity contribution in [3.63, 3.8) is 0 Å². The van der Waals surface area contributed by atoms with E-state index < -0.39 is 18.1 Å². The van der Waals surface area contributed by atoms with Crippen molar-refractivity contribution in [1.82, 2.24) is 0 Å². The fraction of sp³-hybridized carbons (Fsp3) is 0. The minimum Gasteiger partial charge on any atom is -0.0616 e. The maximum atomic E-state index is 9.46. The lowest BCUT2D eigenvalue weighted by molar-refractivity contribution is 1.58. The van der Waals surface area contributed by atoms with Crippen LogP contribution < -0.4 is 0 Å². The lowest BCUT2D eigenvalue weighted by Gasteiger charge is -2.17. The fourth-order valence-electron chi connectivity index (χ4n) is 8.84. The Balaban J connectivity index is 1.09. The second-order valence-electron chi connectivity index (χ2n) is 14.3. The molecule has 0 heterocycles. The second kappa shape index (κ2) is 11.2. The molecule has 0 aromatic heterocycles. The van der Waals surface area contributed by atoms with E-state index in [-0.39, 0.29) is 40.5 Å². The van der Waals surface area contributed by atoms with Gasteiger partial charge in [0, 0.05) is 0 Å². The van der Waals surface area contributed by atoms with Gasteiger partial charge < -0.3 is 0 Å². The quantitative estimate of drug-likeness (QED) is 0.162. The highest BCUT2D eigenvalue weighted by molar-refractivity contribution is 6.26. The molecule has 54 heavy (non-hydrogen) atoms. The van der Waals surface area contributed by atoms with Crippen molar-refractivity contribution in [3.8, 4) is 44.5 Å². The van der Waals surface area contributed by atoms with Crippen molar-refractivity contribution in [2.45, 2.75) is 0 Å². The summed E-state index contributed by atoms with van der Waals surface area (Å²) < 4.78 is 61.9. The van der Waals surface area contributed by atoms with Gasteiger partial charge in [0.15, 0.2) is 0 Å². The van der Waals surface area contributed by atoms with Gasteiger partial charge in [0.05, 0.1) is 9.60 Å². The summed E-state index contributed by atoms with van der Waals surface area (Å²) in [7, 11) is 0. The van der Waals surface area contributed by atoms with Gasteiger partial charge in [-0.1, -0.05) is 170 Å². The predicted octanol–water partition coefficient (Wildman–Crippen LogP) is 15.3. The molecule has 0 bridgehead atoms. The van der Waals surface area contributed by atoms with Gasteiger partial charge >= 0.3 is 0 Å². The smallest absolute Gasteiger partial charge is 0.0616 e. The van der Waals surface area contributed by atoms with Crippen LogP contribution in [0.5, 0.6) is 0 Å². The molecular weight excluding hydrogens is 649 g/mol. The Bertz CT molecular complexity index is 3800. The lowest BCUT2D eigenvalue weighted by Crippen LogP contribution is -1.90. The number of hydrogen-bond acceptors (Lipinski definition) is 0. The molecule has 0 amide bonds. The van der Waals surface area contributed by atoms with Gasteiger partial charge in [-0.15, -0.1) is 0 Å². The fourth-order valence-corrected chi connectivity index (χ4v) is 8.84. The molecule has 0 aliphatic carbocycles. The average Bonchev–Trinajstić information content (AvgIpc) is 3.29. The first-order valence-corrected chi connectivity index (χ1v) is 18.3. The van der Waals surface area contributed by atoms with Crippen molar-refractivity contribution < 1.29 is 9.60 Å². The van der Waals surface area contributed by atoms with E-state index in [2.05, 4.69) is 140 Å². The van der Waals surface area contributed by atoms with Crippen molar-refractivity contribution >= 4 is 75.4 Å². The summed E-state index contributed by atoms with van der Waals surface area (Å²) in [4.78, 5) is 0. The number of rotatable bonds is 4. The van der Waals surface area contributed by atoms with E-state index in [0.29, 0.717) is 5.56 Å². The third kappa shape index (κ3) is 4.38. The maximum Gasteiger partial charge on any atom is 0.0636 e. The summed E-state index contributed by atoms with van der Waals surface area (Å²) in [5.74, 6) is 0. The molecule has 12 aromatic rings. The summed E-state index contributed by atoms with van der Waals surface area (Å²) in [5, 5.41) is 14.1. The van der Waals surface area contributed by atoms with E-state index >= 15 is 0 Å². The first kappa shape index (κ1) is 23.5. The Hall–Kier alpha value is -7.02. The van der Waals surface area contributed by atoms with Crippen LogP contribution in [-0.2, 0) is 0 Å². The monoisotopic (exact) mass is 687 g/mol. The van der Waals surface area contributed by atoms with Gasteiger partial charge in [-0.05, 0) is 144 Å². The van der Waals surface area contributed by atoms with Crippen LogP contribution in [-0.4, -0.2) is 0 Å². The molecule has 0 aliphatic rings. The zero-order valence-electron chi connectivity index (χ0n) is 35.9. The van der Waals surface area contributed by atoms with Gasteiger partial charge in [-0.2, -0.15) is 0 Å². The summed E-state index contributed by atoms with van der Waals surface area (Å²) in [5.41, 5.74) is 6.50. The van der Waals surface area contributed by atoms with Crippen LogP contribution in [0.4, 0.5) is 0 Å². The molecule has 0 N–H and O–H groups in total. The van der Waals surface area contributed by atoms with Crippen LogP contribution in [0.3, 0.4) is 0 Å². The number of hydrogen-bond donors (Lipinski definition) is 0. The van der Waals surface area contributed by atoms with E-state index in [4.69, 9.17) is 6.85 Å². The standard InChI is InChI=1S/C54H32/c1-2-6-42-29-43(20-13-33(42)5-1)45-30-44(31-46(32-45)48-26-22-41-19-17-37-8-4-10-39-24-28-50(48)54(41)52(37)39)34-11-14-35(15-12-34)47-25-21-40-18-16-36-7-3-9-38-23-27-49(47)53(40)51(36)38/h1-32H/i1D,2D,5D,6D,13D,20D,29D. The van der Waals surface area contributed by atoms with Gasteiger partial charge in [0.1, 0.15) is 0 Å². The first-order chi connectivity index (χ1) is 29.7. The predicted molar refractivity (Wildman–Crippen MR) is 233 cm³/mol. The van der Waals surface area contributed by atoms with Crippen LogP contribution in [0.15, 0.2) is 194 Å². The van der Waals surface area contributed by atoms with Crippen LogP contribution in [0, 0.1) is 0 Å². The van der Waals surface area contributed by atoms with Crippen LogP contribution in [0.25, 0.3) is 120 Å². The normalized spacial score (nSPS) is 13.9. The minimum atomic E-state index is -0.485. The van der Waals surface area contributed by atoms with Crippen molar-refractivity contribution in [2.75, 3.05) is 0 Å². The molecule has 0 unspecified atom stereocenters. The summed E-state index contributed by atoms with van der Waals surface area (Å²) in [6.45, 7) is 0. The highest BCUT2D eigenvalue weighted by Gasteiger charge is 2.16. The Labute approximate surface area is 322 Å². The molecule has 0 heteroatoms. The summed E-state index contributed by atoms with van der Waals surface area (Å²) in [6.07, 6.45) is 0. The second-order valence-corrected chi connectivity index (χ2v) is 14.3. The largest absolute Gasteiger partial charge is 0.0636 e. The molecule has 0 radical (unpaired) electrons. The van der Waals surface area contributed by atoms with E-state index in [9.17, 15) is 2.74 Å². The van der Waals surface area contributed by atoms with Crippen molar-refractivity contribution in [1.29, 1.82) is 0 Å². The Morgan fingerprint density at radius 2 is 0.722 bits per heavy atom.